The van der Waals surface area contributed by atoms with Gasteiger partial charge in [0.25, 0.3) is 5.56 Å². The standard InChI is InChI=1S/C14H9N3OS/c1-17-13(18)12(7-10-5-3-2-4-6-10)19-14(17)11(8-15)9-16/h2-7H,1H3/b12-7-. The third kappa shape index (κ3) is 2.47. The van der Waals surface area contributed by atoms with Crippen molar-refractivity contribution in [2.24, 2.45) is 7.05 Å². The molecular formula is C14H9N3OS. The zero-order valence-corrected chi connectivity index (χ0v) is 10.9. The lowest BCUT2D eigenvalue weighted by atomic mass is 10.2. The molecule has 0 N–H and O–H groups in total. The van der Waals surface area contributed by atoms with Crippen LogP contribution in [0.1, 0.15) is 5.56 Å². The molecule has 19 heavy (non-hydrogen) atoms. The van der Waals surface area contributed by atoms with Crippen molar-refractivity contribution in [3.8, 4) is 12.1 Å². The number of hydrogen-bond donors (Lipinski definition) is 0. The van der Waals surface area contributed by atoms with Gasteiger partial charge < -0.3 is 4.57 Å². The molecule has 0 spiro atoms. The third-order valence-electron chi connectivity index (χ3n) is 2.56. The fourth-order valence-electron chi connectivity index (χ4n) is 1.61. The van der Waals surface area contributed by atoms with Crippen molar-refractivity contribution < 1.29 is 0 Å². The molecule has 0 radical (unpaired) electrons. The molecule has 1 aromatic carbocycles. The molecule has 2 rings (SSSR count). The summed E-state index contributed by atoms with van der Waals surface area (Å²) in [4.78, 5) is 12.0. The summed E-state index contributed by atoms with van der Waals surface area (Å²) in [6, 6.07) is 13.0. The first-order valence-electron chi connectivity index (χ1n) is 5.44. The summed E-state index contributed by atoms with van der Waals surface area (Å²) in [6.45, 7) is 0. The van der Waals surface area contributed by atoms with Gasteiger partial charge in [0.05, 0.1) is 4.53 Å². The summed E-state index contributed by atoms with van der Waals surface area (Å²) < 4.78 is 2.23. The van der Waals surface area contributed by atoms with Crippen LogP contribution >= 0.6 is 11.3 Å². The van der Waals surface area contributed by atoms with Crippen LogP contribution in [-0.2, 0) is 7.05 Å². The highest BCUT2D eigenvalue weighted by atomic mass is 32.1. The van der Waals surface area contributed by atoms with E-state index in [0.29, 0.717) is 9.20 Å². The monoisotopic (exact) mass is 267 g/mol. The molecule has 0 aliphatic heterocycles. The maximum atomic E-state index is 12.0. The lowest BCUT2D eigenvalue weighted by Gasteiger charge is -1.87. The Morgan fingerprint density at radius 3 is 2.47 bits per heavy atom. The summed E-state index contributed by atoms with van der Waals surface area (Å²) in [6.07, 6.45) is 1.75. The van der Waals surface area contributed by atoms with Gasteiger partial charge in [-0.1, -0.05) is 30.3 Å². The van der Waals surface area contributed by atoms with E-state index in [0.717, 1.165) is 16.9 Å². The molecule has 0 bridgehead atoms. The maximum absolute atomic E-state index is 12.0. The van der Waals surface area contributed by atoms with E-state index in [9.17, 15) is 4.79 Å². The second-order valence-corrected chi connectivity index (χ2v) is 4.82. The number of thiazole rings is 1. The van der Waals surface area contributed by atoms with E-state index < -0.39 is 0 Å². The maximum Gasteiger partial charge on any atom is 0.268 e. The van der Waals surface area contributed by atoms with E-state index in [-0.39, 0.29) is 11.1 Å². The lowest BCUT2D eigenvalue weighted by molar-refractivity contribution is 0.855. The van der Waals surface area contributed by atoms with Gasteiger partial charge in [0.1, 0.15) is 16.8 Å². The zero-order valence-electron chi connectivity index (χ0n) is 10.1. The lowest BCUT2D eigenvalue weighted by Crippen LogP contribution is -2.29. The van der Waals surface area contributed by atoms with Crippen molar-refractivity contribution in [2.75, 3.05) is 0 Å². The van der Waals surface area contributed by atoms with E-state index in [1.807, 2.05) is 30.3 Å². The minimum Gasteiger partial charge on any atom is -0.300 e. The fraction of sp³-hybridized carbons (Fsp3) is 0.0714. The van der Waals surface area contributed by atoms with Gasteiger partial charge in [-0.05, 0) is 11.6 Å². The number of nitriles is 2. The Labute approximate surface area is 113 Å². The predicted molar refractivity (Wildman–Crippen MR) is 73.5 cm³/mol. The Bertz CT molecular complexity index is 845. The molecule has 0 aliphatic rings. The molecule has 5 heteroatoms. The van der Waals surface area contributed by atoms with Crippen LogP contribution in [0.3, 0.4) is 0 Å². The summed E-state index contributed by atoms with van der Waals surface area (Å²) >= 11 is 1.15. The van der Waals surface area contributed by atoms with Gasteiger partial charge >= 0.3 is 0 Å². The van der Waals surface area contributed by atoms with E-state index in [2.05, 4.69) is 0 Å². The zero-order chi connectivity index (χ0) is 13.8. The van der Waals surface area contributed by atoms with Crippen LogP contribution in [0.25, 0.3) is 11.6 Å². The van der Waals surface area contributed by atoms with Gasteiger partial charge in [-0.2, -0.15) is 10.5 Å². The molecule has 1 heterocycles. The molecule has 0 saturated heterocycles. The molecule has 0 unspecified atom stereocenters. The Kier molecular flexibility index (Phi) is 3.61. The highest BCUT2D eigenvalue weighted by Crippen LogP contribution is 1.98. The van der Waals surface area contributed by atoms with Crippen molar-refractivity contribution in [1.29, 1.82) is 10.5 Å². The van der Waals surface area contributed by atoms with Gasteiger partial charge in [0.15, 0.2) is 5.57 Å². The van der Waals surface area contributed by atoms with Gasteiger partial charge in [0.2, 0.25) is 0 Å². The van der Waals surface area contributed by atoms with Crippen LogP contribution < -0.4 is 14.8 Å². The normalized spacial score (nSPS) is 10.8. The predicted octanol–water partition coefficient (Wildman–Crippen LogP) is 0.473. The van der Waals surface area contributed by atoms with E-state index in [4.69, 9.17) is 10.5 Å². The average Bonchev–Trinajstić information content (AvgIpc) is 2.70. The molecule has 2 aromatic rings. The van der Waals surface area contributed by atoms with E-state index >= 15 is 0 Å². The Morgan fingerprint density at radius 2 is 1.89 bits per heavy atom. The van der Waals surface area contributed by atoms with Crippen molar-refractivity contribution in [3.05, 3.63) is 55.4 Å². The van der Waals surface area contributed by atoms with Crippen LogP contribution in [0, 0.1) is 22.7 Å². The minimum atomic E-state index is -0.202. The SMILES string of the molecule is Cn1c(=C(C#N)C#N)s/c(=C\c2ccccc2)c1=O. The number of rotatable bonds is 1. The van der Waals surface area contributed by atoms with Crippen LogP contribution in [0.15, 0.2) is 35.1 Å². The average molecular weight is 267 g/mol. The highest BCUT2D eigenvalue weighted by Gasteiger charge is 2.05. The second-order valence-electron chi connectivity index (χ2n) is 3.79. The molecule has 92 valence electrons. The van der Waals surface area contributed by atoms with Gasteiger partial charge in [-0.25, -0.2) is 0 Å². The van der Waals surface area contributed by atoms with Crippen molar-refractivity contribution in [2.45, 2.75) is 0 Å². The van der Waals surface area contributed by atoms with Gasteiger partial charge in [0, 0.05) is 7.05 Å². The Hall–Kier alpha value is -2.63. The Balaban J connectivity index is 2.79. The van der Waals surface area contributed by atoms with Crippen molar-refractivity contribution in [1.82, 2.24) is 4.57 Å². The van der Waals surface area contributed by atoms with Crippen molar-refractivity contribution in [3.63, 3.8) is 0 Å². The summed E-state index contributed by atoms with van der Waals surface area (Å²) in [5.74, 6) is 0. The fourth-order valence-corrected chi connectivity index (χ4v) is 2.65. The van der Waals surface area contributed by atoms with Crippen LogP contribution in [0.4, 0.5) is 0 Å². The number of hydrogen-bond acceptors (Lipinski definition) is 4. The first-order valence-corrected chi connectivity index (χ1v) is 6.26. The van der Waals surface area contributed by atoms with E-state index in [1.54, 1.807) is 25.3 Å². The number of nitrogens with zero attached hydrogens (tertiary/aromatic N) is 3. The first-order chi connectivity index (χ1) is 9.17. The Morgan fingerprint density at radius 1 is 1.26 bits per heavy atom. The molecule has 0 fully saturated rings. The molecule has 0 aliphatic carbocycles. The number of aromatic nitrogens is 1. The molecule has 0 saturated carbocycles. The third-order valence-corrected chi connectivity index (χ3v) is 3.75. The summed E-state index contributed by atoms with van der Waals surface area (Å²) in [5, 5.41) is 17.7. The van der Waals surface area contributed by atoms with Crippen LogP contribution in [0.5, 0.6) is 0 Å². The molecule has 4 nitrogen and oxygen atoms in total. The molecular weight excluding hydrogens is 258 g/mol. The molecule has 0 amide bonds. The van der Waals surface area contributed by atoms with Gasteiger partial charge in [-0.15, -0.1) is 11.3 Å². The number of benzene rings is 1. The van der Waals surface area contributed by atoms with Gasteiger partial charge in [-0.3, -0.25) is 4.79 Å². The van der Waals surface area contributed by atoms with Crippen molar-refractivity contribution >= 4 is 23.0 Å². The molecule has 0 atom stereocenters. The first kappa shape index (κ1) is 12.8. The van der Waals surface area contributed by atoms with Crippen LogP contribution in [0.2, 0.25) is 0 Å². The summed E-state index contributed by atoms with van der Waals surface area (Å²) in [5.41, 5.74) is 0.660. The highest BCUT2D eigenvalue weighted by molar-refractivity contribution is 7.07. The quantitative estimate of drug-likeness (QED) is 0.754. The minimum absolute atomic E-state index is 0.0442. The topological polar surface area (TPSA) is 69.6 Å². The summed E-state index contributed by atoms with van der Waals surface area (Å²) in [7, 11) is 1.56. The van der Waals surface area contributed by atoms with E-state index in [1.165, 1.54) is 4.57 Å². The second kappa shape index (κ2) is 5.34. The largest absolute Gasteiger partial charge is 0.300 e. The van der Waals surface area contributed by atoms with Crippen LogP contribution in [-0.4, -0.2) is 4.57 Å². The smallest absolute Gasteiger partial charge is 0.268 e. The molecule has 1 aromatic heterocycles.